The molecule has 0 aliphatic rings. The standard InChI is InChI=1S/C7H12BrN3O2S/c1-6-10-7(5-11(6)2)14(12,13)9-4-3-8/h5,9H,3-4H2,1-2H3. The summed E-state index contributed by atoms with van der Waals surface area (Å²) in [5, 5.41) is 0.649. The summed E-state index contributed by atoms with van der Waals surface area (Å²) in [6, 6.07) is 0. The van der Waals surface area contributed by atoms with Crippen molar-refractivity contribution in [1.82, 2.24) is 14.3 Å². The zero-order valence-electron chi connectivity index (χ0n) is 7.99. The van der Waals surface area contributed by atoms with Crippen molar-refractivity contribution in [1.29, 1.82) is 0 Å². The number of alkyl halides is 1. The van der Waals surface area contributed by atoms with Crippen molar-refractivity contribution in [3.8, 4) is 0 Å². The molecule has 0 unspecified atom stereocenters. The lowest BCUT2D eigenvalue weighted by molar-refractivity contribution is 0.581. The minimum Gasteiger partial charge on any atom is -0.337 e. The summed E-state index contributed by atoms with van der Waals surface area (Å²) in [5.74, 6) is 0.671. The molecule has 1 aromatic rings. The predicted octanol–water partition coefficient (Wildman–Crippen LogP) is 0.402. The summed E-state index contributed by atoms with van der Waals surface area (Å²) in [6.07, 6.45) is 1.49. The number of aryl methyl sites for hydroxylation is 2. The second-order valence-electron chi connectivity index (χ2n) is 2.82. The van der Waals surface area contributed by atoms with Crippen LogP contribution in [0.5, 0.6) is 0 Å². The third kappa shape index (κ3) is 2.55. The molecule has 0 saturated heterocycles. The van der Waals surface area contributed by atoms with Crippen molar-refractivity contribution in [2.75, 3.05) is 11.9 Å². The molecule has 0 aromatic carbocycles. The molecule has 1 heterocycles. The highest BCUT2D eigenvalue weighted by atomic mass is 79.9. The van der Waals surface area contributed by atoms with Gasteiger partial charge in [-0.3, -0.25) is 0 Å². The van der Waals surface area contributed by atoms with Gasteiger partial charge in [0.2, 0.25) is 0 Å². The average molecular weight is 282 g/mol. The monoisotopic (exact) mass is 281 g/mol. The zero-order valence-corrected chi connectivity index (χ0v) is 10.4. The number of rotatable bonds is 4. The first-order chi connectivity index (χ1) is 6.47. The van der Waals surface area contributed by atoms with Crippen LogP contribution in [0.3, 0.4) is 0 Å². The fourth-order valence-corrected chi connectivity index (χ4v) is 2.43. The summed E-state index contributed by atoms with van der Waals surface area (Å²) >= 11 is 3.14. The summed E-state index contributed by atoms with van der Waals surface area (Å²) < 4.78 is 27.2. The lowest BCUT2D eigenvalue weighted by atomic mass is 10.7. The second kappa shape index (κ2) is 4.41. The van der Waals surface area contributed by atoms with Crippen molar-refractivity contribution in [3.05, 3.63) is 12.0 Å². The molecule has 1 aromatic heterocycles. The molecule has 1 N–H and O–H groups in total. The topological polar surface area (TPSA) is 64.0 Å². The van der Waals surface area contributed by atoms with E-state index in [0.717, 1.165) is 0 Å². The third-order valence-electron chi connectivity index (χ3n) is 1.75. The smallest absolute Gasteiger partial charge is 0.259 e. The molecule has 0 fully saturated rings. The molecule has 7 heteroatoms. The molecule has 1 rings (SSSR count). The van der Waals surface area contributed by atoms with E-state index >= 15 is 0 Å². The second-order valence-corrected chi connectivity index (χ2v) is 5.33. The summed E-state index contributed by atoms with van der Waals surface area (Å²) in [4.78, 5) is 3.93. The number of nitrogens with one attached hydrogen (secondary N) is 1. The predicted molar refractivity (Wildman–Crippen MR) is 56.9 cm³/mol. The van der Waals surface area contributed by atoms with Gasteiger partial charge in [-0.2, -0.15) is 0 Å². The molecule has 0 bridgehead atoms. The van der Waals surface area contributed by atoms with E-state index in [2.05, 4.69) is 25.6 Å². The maximum atomic E-state index is 11.5. The Bertz CT molecular complexity index is 393. The fraction of sp³-hybridized carbons (Fsp3) is 0.571. The van der Waals surface area contributed by atoms with Crippen LogP contribution in [0.15, 0.2) is 11.2 Å². The number of hydrogen-bond acceptors (Lipinski definition) is 3. The van der Waals surface area contributed by atoms with Gasteiger partial charge in [0, 0.05) is 25.1 Å². The van der Waals surface area contributed by atoms with Crippen LogP contribution in [0.2, 0.25) is 0 Å². The highest BCUT2D eigenvalue weighted by Crippen LogP contribution is 2.06. The van der Waals surface area contributed by atoms with Gasteiger partial charge in [0.1, 0.15) is 5.82 Å². The van der Waals surface area contributed by atoms with E-state index in [0.29, 0.717) is 17.7 Å². The van der Waals surface area contributed by atoms with Crippen LogP contribution in [-0.4, -0.2) is 29.8 Å². The van der Waals surface area contributed by atoms with E-state index in [1.54, 1.807) is 18.5 Å². The number of hydrogen-bond donors (Lipinski definition) is 1. The summed E-state index contributed by atoms with van der Waals surface area (Å²) in [6.45, 7) is 2.11. The fourth-order valence-electron chi connectivity index (χ4n) is 0.903. The summed E-state index contributed by atoms with van der Waals surface area (Å²) in [7, 11) is -1.68. The molecule has 80 valence electrons. The number of nitrogens with zero attached hydrogens (tertiary/aromatic N) is 2. The van der Waals surface area contributed by atoms with Gasteiger partial charge >= 0.3 is 0 Å². The van der Waals surface area contributed by atoms with E-state index in [1.807, 2.05) is 0 Å². The molecule has 0 atom stereocenters. The van der Waals surface area contributed by atoms with E-state index in [4.69, 9.17) is 0 Å². The van der Waals surface area contributed by atoms with E-state index in [-0.39, 0.29) is 5.03 Å². The van der Waals surface area contributed by atoms with Crippen LogP contribution in [-0.2, 0) is 17.1 Å². The van der Waals surface area contributed by atoms with Crippen molar-refractivity contribution in [3.63, 3.8) is 0 Å². The van der Waals surface area contributed by atoms with E-state index in [9.17, 15) is 8.42 Å². The van der Waals surface area contributed by atoms with Crippen LogP contribution in [0.25, 0.3) is 0 Å². The first-order valence-corrected chi connectivity index (χ1v) is 6.63. The van der Waals surface area contributed by atoms with Crippen LogP contribution in [0.4, 0.5) is 0 Å². The largest absolute Gasteiger partial charge is 0.337 e. The SMILES string of the molecule is Cc1nc(S(=O)(=O)NCCBr)cn1C. The van der Waals surface area contributed by atoms with E-state index < -0.39 is 10.0 Å². The number of sulfonamides is 1. The molecular weight excluding hydrogens is 270 g/mol. The van der Waals surface area contributed by atoms with Gasteiger partial charge < -0.3 is 4.57 Å². The van der Waals surface area contributed by atoms with Gasteiger partial charge in [0.15, 0.2) is 5.03 Å². The van der Waals surface area contributed by atoms with Gasteiger partial charge in [0.25, 0.3) is 10.0 Å². The first kappa shape index (κ1) is 11.7. The van der Waals surface area contributed by atoms with Crippen LogP contribution in [0.1, 0.15) is 5.82 Å². The first-order valence-electron chi connectivity index (χ1n) is 4.03. The maximum absolute atomic E-state index is 11.5. The Morgan fingerprint density at radius 2 is 2.29 bits per heavy atom. The Morgan fingerprint density at radius 3 is 2.71 bits per heavy atom. The Morgan fingerprint density at radius 1 is 1.64 bits per heavy atom. The lowest BCUT2D eigenvalue weighted by Gasteiger charge is -2.00. The van der Waals surface area contributed by atoms with Crippen molar-refractivity contribution < 1.29 is 8.42 Å². The van der Waals surface area contributed by atoms with Gasteiger partial charge in [-0.1, -0.05) is 15.9 Å². The Hall–Kier alpha value is -0.400. The molecule has 14 heavy (non-hydrogen) atoms. The van der Waals surface area contributed by atoms with Crippen LogP contribution < -0.4 is 4.72 Å². The molecule has 0 spiro atoms. The Labute approximate surface area is 91.7 Å². The Balaban J connectivity index is 2.93. The molecular formula is C7H12BrN3O2S. The van der Waals surface area contributed by atoms with Crippen LogP contribution in [0, 0.1) is 6.92 Å². The normalized spacial score (nSPS) is 11.9. The minimum absolute atomic E-state index is 0.0680. The van der Waals surface area contributed by atoms with Gasteiger partial charge in [-0.25, -0.2) is 18.1 Å². The van der Waals surface area contributed by atoms with Gasteiger partial charge in [-0.15, -0.1) is 0 Å². The minimum atomic E-state index is -3.44. The highest BCUT2D eigenvalue weighted by molar-refractivity contribution is 9.09. The summed E-state index contributed by atoms with van der Waals surface area (Å²) in [5.41, 5.74) is 0. The van der Waals surface area contributed by atoms with Crippen LogP contribution >= 0.6 is 15.9 Å². The molecule has 0 saturated carbocycles. The molecule has 0 aliphatic heterocycles. The van der Waals surface area contributed by atoms with Crippen molar-refractivity contribution >= 4 is 26.0 Å². The maximum Gasteiger partial charge on any atom is 0.259 e. The number of halogens is 1. The number of imidazole rings is 1. The molecule has 5 nitrogen and oxygen atoms in total. The van der Waals surface area contributed by atoms with Gasteiger partial charge in [0.05, 0.1) is 0 Å². The molecule has 0 amide bonds. The van der Waals surface area contributed by atoms with Crippen molar-refractivity contribution in [2.45, 2.75) is 11.9 Å². The van der Waals surface area contributed by atoms with Gasteiger partial charge in [-0.05, 0) is 6.92 Å². The third-order valence-corrected chi connectivity index (χ3v) is 3.48. The Kier molecular flexibility index (Phi) is 3.68. The molecule has 0 radical (unpaired) electrons. The molecule has 0 aliphatic carbocycles. The lowest BCUT2D eigenvalue weighted by Crippen LogP contribution is -2.25. The van der Waals surface area contributed by atoms with E-state index in [1.165, 1.54) is 6.20 Å². The van der Waals surface area contributed by atoms with Crippen molar-refractivity contribution in [2.24, 2.45) is 7.05 Å². The quantitative estimate of drug-likeness (QED) is 0.813. The average Bonchev–Trinajstić information content (AvgIpc) is 2.45. The zero-order chi connectivity index (χ0) is 10.8. The number of aromatic nitrogens is 2. The highest BCUT2D eigenvalue weighted by Gasteiger charge is 2.17.